The Labute approximate surface area is 172 Å². The van der Waals surface area contributed by atoms with Gasteiger partial charge in [-0.2, -0.15) is 0 Å². The summed E-state index contributed by atoms with van der Waals surface area (Å²) in [6.45, 7) is 4.54. The maximum atomic E-state index is 5.51. The fraction of sp³-hybridized carbons (Fsp3) is 0.304. The topological polar surface area (TPSA) is 53.5 Å². The highest BCUT2D eigenvalue weighted by atomic mass is 16.5. The van der Waals surface area contributed by atoms with Crippen molar-refractivity contribution in [2.75, 3.05) is 55.0 Å². The fourth-order valence-electron chi connectivity index (χ4n) is 3.66. The first-order valence-corrected chi connectivity index (χ1v) is 10.1. The average molecular weight is 390 g/mol. The molecule has 4 rings (SSSR count). The third-order valence-corrected chi connectivity index (χ3v) is 5.24. The van der Waals surface area contributed by atoms with Crippen LogP contribution in [0.25, 0.3) is 0 Å². The van der Waals surface area contributed by atoms with Gasteiger partial charge in [0.25, 0.3) is 0 Å². The van der Waals surface area contributed by atoms with Crippen LogP contribution in [0.1, 0.15) is 5.56 Å². The van der Waals surface area contributed by atoms with Crippen LogP contribution < -0.4 is 19.9 Å². The van der Waals surface area contributed by atoms with Gasteiger partial charge in [-0.25, -0.2) is 9.97 Å². The first-order valence-electron chi connectivity index (χ1n) is 10.1. The Kier molecular flexibility index (Phi) is 6.10. The van der Waals surface area contributed by atoms with Gasteiger partial charge in [0.05, 0.1) is 12.8 Å². The zero-order valence-corrected chi connectivity index (χ0v) is 16.8. The predicted molar refractivity (Wildman–Crippen MR) is 118 cm³/mol. The summed E-state index contributed by atoms with van der Waals surface area (Å²) < 4.78 is 5.51. The lowest BCUT2D eigenvalue weighted by Gasteiger charge is -2.37. The molecular weight excluding hydrogens is 362 g/mol. The Bertz CT molecular complexity index is 910. The maximum absolute atomic E-state index is 5.51. The monoisotopic (exact) mass is 389 g/mol. The van der Waals surface area contributed by atoms with Gasteiger partial charge in [-0.1, -0.05) is 42.5 Å². The van der Waals surface area contributed by atoms with E-state index in [0.29, 0.717) is 0 Å². The average Bonchev–Trinajstić information content (AvgIpc) is 2.80. The number of ether oxygens (including phenoxy) is 1. The first kappa shape index (κ1) is 19.1. The molecule has 6 heteroatoms. The molecule has 0 aliphatic carbocycles. The van der Waals surface area contributed by atoms with E-state index in [1.807, 2.05) is 24.3 Å². The van der Waals surface area contributed by atoms with Crippen molar-refractivity contribution < 1.29 is 4.74 Å². The quantitative estimate of drug-likeness (QED) is 0.668. The van der Waals surface area contributed by atoms with Crippen LogP contribution in [0.4, 0.5) is 17.3 Å². The number of piperazine rings is 1. The lowest BCUT2D eigenvalue weighted by Crippen LogP contribution is -2.47. The summed E-state index contributed by atoms with van der Waals surface area (Å²) in [5, 5.41) is 3.42. The molecule has 0 amide bonds. The zero-order chi connectivity index (χ0) is 19.9. The van der Waals surface area contributed by atoms with Crippen LogP contribution in [-0.4, -0.2) is 49.8 Å². The molecule has 1 N–H and O–H groups in total. The van der Waals surface area contributed by atoms with Crippen molar-refractivity contribution in [2.24, 2.45) is 0 Å². The second kappa shape index (κ2) is 9.28. The number of nitrogens with one attached hydrogen (secondary N) is 1. The van der Waals surface area contributed by atoms with E-state index in [2.05, 4.69) is 61.5 Å². The summed E-state index contributed by atoms with van der Waals surface area (Å²) in [4.78, 5) is 13.6. The van der Waals surface area contributed by atoms with Crippen LogP contribution in [0.3, 0.4) is 0 Å². The van der Waals surface area contributed by atoms with Gasteiger partial charge < -0.3 is 19.9 Å². The second-order valence-electron chi connectivity index (χ2n) is 7.07. The summed E-state index contributed by atoms with van der Waals surface area (Å²) in [6, 6.07) is 20.7. The smallest absolute Gasteiger partial charge is 0.142 e. The lowest BCUT2D eigenvalue weighted by atomic mass is 10.1. The molecule has 3 aromatic rings. The Hall–Kier alpha value is -3.28. The summed E-state index contributed by atoms with van der Waals surface area (Å²) in [5.74, 6) is 2.77. The molecule has 0 unspecified atom stereocenters. The summed E-state index contributed by atoms with van der Waals surface area (Å²) in [6.07, 6.45) is 2.62. The predicted octanol–water partition coefficient (Wildman–Crippen LogP) is 3.47. The van der Waals surface area contributed by atoms with Crippen LogP contribution in [0.2, 0.25) is 0 Å². The normalized spacial score (nSPS) is 14.0. The number of aromatic nitrogens is 2. The van der Waals surface area contributed by atoms with Crippen molar-refractivity contribution in [3.63, 3.8) is 0 Å². The minimum Gasteiger partial charge on any atom is -0.495 e. The fourth-order valence-corrected chi connectivity index (χ4v) is 3.66. The van der Waals surface area contributed by atoms with Crippen LogP contribution >= 0.6 is 0 Å². The molecule has 1 saturated heterocycles. The van der Waals surface area contributed by atoms with Gasteiger partial charge in [0.2, 0.25) is 0 Å². The van der Waals surface area contributed by atoms with Gasteiger partial charge in [0.15, 0.2) is 0 Å². The van der Waals surface area contributed by atoms with E-state index < -0.39 is 0 Å². The van der Waals surface area contributed by atoms with E-state index in [0.717, 1.165) is 62.2 Å². The molecule has 6 nitrogen and oxygen atoms in total. The number of para-hydroxylation sites is 2. The molecule has 150 valence electrons. The molecule has 1 aliphatic heterocycles. The molecule has 0 radical (unpaired) electrons. The molecule has 29 heavy (non-hydrogen) atoms. The highest BCUT2D eigenvalue weighted by Gasteiger charge is 2.20. The third-order valence-electron chi connectivity index (χ3n) is 5.24. The van der Waals surface area contributed by atoms with E-state index in [4.69, 9.17) is 4.74 Å². The van der Waals surface area contributed by atoms with Crippen LogP contribution in [0, 0.1) is 0 Å². The Balaban J connectivity index is 1.33. The largest absolute Gasteiger partial charge is 0.495 e. The Morgan fingerprint density at radius 3 is 2.41 bits per heavy atom. The van der Waals surface area contributed by atoms with Crippen molar-refractivity contribution in [1.29, 1.82) is 0 Å². The van der Waals surface area contributed by atoms with Crippen molar-refractivity contribution in [3.8, 4) is 5.75 Å². The van der Waals surface area contributed by atoms with Gasteiger partial charge in [-0.05, 0) is 24.1 Å². The van der Waals surface area contributed by atoms with Gasteiger partial charge in [-0.15, -0.1) is 0 Å². The van der Waals surface area contributed by atoms with Crippen LogP contribution in [-0.2, 0) is 6.42 Å². The standard InChI is InChI=1S/C23H27N5O/c1-29-21-10-6-5-9-20(21)27-13-15-28(16-14-27)23-17-22(25-18-26-23)24-12-11-19-7-3-2-4-8-19/h2-10,17-18H,11-16H2,1H3,(H,24,25,26). The number of anilines is 3. The highest BCUT2D eigenvalue weighted by Crippen LogP contribution is 2.29. The van der Waals surface area contributed by atoms with Crippen molar-refractivity contribution in [2.45, 2.75) is 6.42 Å². The molecule has 1 aromatic heterocycles. The van der Waals surface area contributed by atoms with E-state index in [9.17, 15) is 0 Å². The Morgan fingerprint density at radius 2 is 1.62 bits per heavy atom. The molecule has 1 fully saturated rings. The molecule has 0 bridgehead atoms. The lowest BCUT2D eigenvalue weighted by molar-refractivity contribution is 0.413. The molecule has 0 atom stereocenters. The summed E-state index contributed by atoms with van der Waals surface area (Å²) in [7, 11) is 1.72. The number of hydrogen-bond acceptors (Lipinski definition) is 6. The van der Waals surface area contributed by atoms with Gasteiger partial charge in [-0.3, -0.25) is 0 Å². The highest BCUT2D eigenvalue weighted by molar-refractivity contribution is 5.60. The number of rotatable bonds is 7. The maximum Gasteiger partial charge on any atom is 0.142 e. The number of nitrogens with zero attached hydrogens (tertiary/aromatic N) is 4. The van der Waals surface area contributed by atoms with Gasteiger partial charge in [0, 0.05) is 38.8 Å². The van der Waals surface area contributed by atoms with E-state index in [-0.39, 0.29) is 0 Å². The van der Waals surface area contributed by atoms with Crippen molar-refractivity contribution >= 4 is 17.3 Å². The van der Waals surface area contributed by atoms with E-state index in [1.165, 1.54) is 5.56 Å². The molecule has 0 spiro atoms. The van der Waals surface area contributed by atoms with Crippen molar-refractivity contribution in [3.05, 3.63) is 72.6 Å². The third kappa shape index (κ3) is 4.77. The van der Waals surface area contributed by atoms with Crippen LogP contribution in [0.5, 0.6) is 5.75 Å². The van der Waals surface area contributed by atoms with E-state index in [1.54, 1.807) is 13.4 Å². The minimum atomic E-state index is 0.849. The van der Waals surface area contributed by atoms with Gasteiger partial charge >= 0.3 is 0 Å². The number of methoxy groups -OCH3 is 1. The molecule has 0 saturated carbocycles. The molecule has 2 heterocycles. The SMILES string of the molecule is COc1ccccc1N1CCN(c2cc(NCCc3ccccc3)ncn2)CC1. The molecule has 2 aromatic carbocycles. The van der Waals surface area contributed by atoms with E-state index >= 15 is 0 Å². The number of benzene rings is 2. The molecule has 1 aliphatic rings. The number of hydrogen-bond donors (Lipinski definition) is 1. The van der Waals surface area contributed by atoms with Gasteiger partial charge in [0.1, 0.15) is 23.7 Å². The first-order chi connectivity index (χ1) is 14.3. The minimum absolute atomic E-state index is 0.849. The summed E-state index contributed by atoms with van der Waals surface area (Å²) in [5.41, 5.74) is 2.47. The van der Waals surface area contributed by atoms with Crippen LogP contribution in [0.15, 0.2) is 67.0 Å². The Morgan fingerprint density at radius 1 is 0.897 bits per heavy atom. The van der Waals surface area contributed by atoms with Crippen molar-refractivity contribution in [1.82, 2.24) is 9.97 Å². The second-order valence-corrected chi connectivity index (χ2v) is 7.07. The zero-order valence-electron chi connectivity index (χ0n) is 16.8. The molecular formula is C23H27N5O. The summed E-state index contributed by atoms with van der Waals surface area (Å²) >= 11 is 0.